The SMILES string of the molecule is COc1ccc(C(=O)CN(C)CCCC2c3ccccc3C=Cc3ccccc32)cc1. The fraction of sp³-hybridized carbons (Fsp3) is 0.250. The van der Waals surface area contributed by atoms with Crippen molar-refractivity contribution in [2.75, 3.05) is 27.2 Å². The van der Waals surface area contributed by atoms with Crippen molar-refractivity contribution in [2.45, 2.75) is 18.8 Å². The lowest BCUT2D eigenvalue weighted by atomic mass is 9.84. The molecule has 0 unspecified atom stereocenters. The summed E-state index contributed by atoms with van der Waals surface area (Å²) in [6.45, 7) is 1.31. The lowest BCUT2D eigenvalue weighted by Crippen LogP contribution is -2.27. The Balaban J connectivity index is 1.40. The zero-order valence-corrected chi connectivity index (χ0v) is 18.3. The van der Waals surface area contributed by atoms with E-state index in [4.69, 9.17) is 4.74 Å². The molecule has 1 aliphatic rings. The van der Waals surface area contributed by atoms with Crippen LogP contribution in [0.1, 0.15) is 51.4 Å². The molecule has 31 heavy (non-hydrogen) atoms. The average Bonchev–Trinajstić information content (AvgIpc) is 2.96. The number of methoxy groups -OCH3 is 1. The molecule has 0 heterocycles. The maximum absolute atomic E-state index is 12.6. The van der Waals surface area contributed by atoms with Gasteiger partial charge in [0.15, 0.2) is 5.78 Å². The highest BCUT2D eigenvalue weighted by Gasteiger charge is 2.21. The molecule has 3 aromatic rings. The first-order valence-corrected chi connectivity index (χ1v) is 10.9. The van der Waals surface area contributed by atoms with Gasteiger partial charge in [0.2, 0.25) is 0 Å². The topological polar surface area (TPSA) is 29.5 Å². The summed E-state index contributed by atoms with van der Waals surface area (Å²) in [6, 6.07) is 24.7. The number of ketones is 1. The molecule has 0 atom stereocenters. The summed E-state index contributed by atoms with van der Waals surface area (Å²) in [7, 11) is 3.66. The van der Waals surface area contributed by atoms with E-state index in [9.17, 15) is 4.79 Å². The third-order valence-electron chi connectivity index (χ3n) is 6.04. The van der Waals surface area contributed by atoms with Crippen molar-refractivity contribution >= 4 is 17.9 Å². The minimum Gasteiger partial charge on any atom is -0.497 e. The molecular formula is C28H29NO2. The van der Waals surface area contributed by atoms with E-state index in [1.807, 2.05) is 31.3 Å². The maximum Gasteiger partial charge on any atom is 0.176 e. The third-order valence-corrected chi connectivity index (χ3v) is 6.04. The molecule has 0 amide bonds. The van der Waals surface area contributed by atoms with Crippen LogP contribution < -0.4 is 4.74 Å². The molecule has 3 heteroatoms. The zero-order chi connectivity index (χ0) is 21.6. The number of Topliss-reactive ketones (excluding diaryl/α,β-unsaturated/α-hetero) is 1. The summed E-state index contributed by atoms with van der Waals surface area (Å²) in [5.74, 6) is 1.27. The Kier molecular flexibility index (Phi) is 6.63. The van der Waals surface area contributed by atoms with E-state index in [0.29, 0.717) is 12.5 Å². The molecule has 3 aromatic carbocycles. The molecule has 0 saturated heterocycles. The van der Waals surface area contributed by atoms with Gasteiger partial charge in [0.25, 0.3) is 0 Å². The fourth-order valence-electron chi connectivity index (χ4n) is 4.38. The number of ether oxygens (including phenoxy) is 1. The molecule has 0 fully saturated rings. The van der Waals surface area contributed by atoms with Crippen LogP contribution in [0.25, 0.3) is 12.2 Å². The molecule has 3 nitrogen and oxygen atoms in total. The monoisotopic (exact) mass is 411 g/mol. The summed E-state index contributed by atoms with van der Waals surface area (Å²) in [6.07, 6.45) is 6.54. The van der Waals surface area contributed by atoms with E-state index in [0.717, 1.165) is 30.7 Å². The lowest BCUT2D eigenvalue weighted by Gasteiger charge is -2.22. The number of hydrogen-bond acceptors (Lipinski definition) is 3. The van der Waals surface area contributed by atoms with Crippen LogP contribution in [-0.2, 0) is 0 Å². The summed E-state index contributed by atoms with van der Waals surface area (Å²) in [5, 5.41) is 0. The van der Waals surface area contributed by atoms with Crippen LogP contribution >= 0.6 is 0 Å². The van der Waals surface area contributed by atoms with E-state index in [1.54, 1.807) is 7.11 Å². The highest BCUT2D eigenvalue weighted by atomic mass is 16.5. The van der Waals surface area contributed by atoms with Gasteiger partial charge in [-0.1, -0.05) is 60.7 Å². The first-order chi connectivity index (χ1) is 15.2. The van der Waals surface area contributed by atoms with Crippen LogP contribution in [0.15, 0.2) is 72.8 Å². The number of benzene rings is 3. The summed E-state index contributed by atoms with van der Waals surface area (Å²) in [4.78, 5) is 14.7. The average molecular weight is 412 g/mol. The van der Waals surface area contributed by atoms with Gasteiger partial charge in [-0.25, -0.2) is 0 Å². The molecule has 0 N–H and O–H groups in total. The van der Waals surface area contributed by atoms with Crippen molar-refractivity contribution in [1.29, 1.82) is 0 Å². The van der Waals surface area contributed by atoms with Crippen molar-refractivity contribution in [2.24, 2.45) is 0 Å². The summed E-state index contributed by atoms with van der Waals surface area (Å²) < 4.78 is 5.17. The lowest BCUT2D eigenvalue weighted by molar-refractivity contribution is 0.0945. The number of nitrogens with zero attached hydrogens (tertiary/aromatic N) is 1. The Labute approximate surface area is 185 Å². The number of carbonyl (C=O) groups is 1. The number of carbonyl (C=O) groups excluding carboxylic acids is 1. The van der Waals surface area contributed by atoms with Crippen LogP contribution in [0, 0.1) is 0 Å². The van der Waals surface area contributed by atoms with Gasteiger partial charge in [-0.3, -0.25) is 9.69 Å². The van der Waals surface area contributed by atoms with Gasteiger partial charge in [-0.05, 0) is 73.0 Å². The predicted octanol–water partition coefficient (Wildman–Crippen LogP) is 5.91. The molecular weight excluding hydrogens is 382 g/mol. The molecule has 0 spiro atoms. The molecule has 0 bridgehead atoms. The quantitative estimate of drug-likeness (QED) is 0.432. The molecule has 0 saturated carbocycles. The minimum absolute atomic E-state index is 0.138. The summed E-state index contributed by atoms with van der Waals surface area (Å²) in [5.41, 5.74) is 6.10. The van der Waals surface area contributed by atoms with Gasteiger partial charge in [0.05, 0.1) is 13.7 Å². The van der Waals surface area contributed by atoms with Crippen LogP contribution in [0.4, 0.5) is 0 Å². The normalized spacial score (nSPS) is 12.9. The van der Waals surface area contributed by atoms with Gasteiger partial charge >= 0.3 is 0 Å². The zero-order valence-electron chi connectivity index (χ0n) is 18.3. The van der Waals surface area contributed by atoms with Gasteiger partial charge in [0.1, 0.15) is 5.75 Å². The van der Waals surface area contributed by atoms with Crippen molar-refractivity contribution in [1.82, 2.24) is 4.90 Å². The first-order valence-electron chi connectivity index (χ1n) is 10.9. The second kappa shape index (κ2) is 9.76. The van der Waals surface area contributed by atoms with Gasteiger partial charge in [-0.15, -0.1) is 0 Å². The van der Waals surface area contributed by atoms with Gasteiger partial charge in [0, 0.05) is 11.5 Å². The number of likely N-dealkylation sites (N-methyl/N-ethyl adjacent to an activating group) is 1. The standard InChI is InChI=1S/C28H29NO2/c1-29(20-28(30)23-15-17-24(31-2)18-16-23)19-7-12-27-25-10-5-3-8-21(25)13-14-22-9-4-6-11-26(22)27/h3-6,8-11,13-18,27H,7,12,19-20H2,1-2H3. The maximum atomic E-state index is 12.6. The molecule has 4 rings (SSSR count). The van der Waals surface area contributed by atoms with Crippen molar-refractivity contribution in [3.05, 3.63) is 101 Å². The van der Waals surface area contributed by atoms with E-state index in [1.165, 1.54) is 22.3 Å². The Morgan fingerprint density at radius 2 is 1.45 bits per heavy atom. The minimum atomic E-state index is 0.138. The van der Waals surface area contributed by atoms with E-state index in [2.05, 4.69) is 65.6 Å². The van der Waals surface area contributed by atoms with E-state index >= 15 is 0 Å². The first kappa shape index (κ1) is 21.1. The van der Waals surface area contributed by atoms with E-state index in [-0.39, 0.29) is 5.78 Å². The van der Waals surface area contributed by atoms with E-state index < -0.39 is 0 Å². The fourth-order valence-corrected chi connectivity index (χ4v) is 4.38. The predicted molar refractivity (Wildman–Crippen MR) is 128 cm³/mol. The highest BCUT2D eigenvalue weighted by Crippen LogP contribution is 2.37. The van der Waals surface area contributed by atoms with Gasteiger partial charge in [-0.2, -0.15) is 0 Å². The van der Waals surface area contributed by atoms with Crippen molar-refractivity contribution in [3.8, 4) is 5.75 Å². The second-order valence-corrected chi connectivity index (χ2v) is 8.18. The molecule has 0 aromatic heterocycles. The highest BCUT2D eigenvalue weighted by molar-refractivity contribution is 5.97. The van der Waals surface area contributed by atoms with Crippen molar-refractivity contribution in [3.63, 3.8) is 0 Å². The van der Waals surface area contributed by atoms with Crippen LogP contribution in [-0.4, -0.2) is 37.9 Å². The molecule has 158 valence electrons. The molecule has 0 aliphatic heterocycles. The summed E-state index contributed by atoms with van der Waals surface area (Å²) >= 11 is 0. The second-order valence-electron chi connectivity index (χ2n) is 8.18. The Bertz CT molecular complexity index is 1020. The Morgan fingerprint density at radius 3 is 2.03 bits per heavy atom. The smallest absolute Gasteiger partial charge is 0.176 e. The number of fused-ring (bicyclic) bond motifs is 2. The van der Waals surface area contributed by atoms with Gasteiger partial charge < -0.3 is 4.74 Å². The van der Waals surface area contributed by atoms with Crippen LogP contribution in [0.2, 0.25) is 0 Å². The largest absolute Gasteiger partial charge is 0.497 e. The number of hydrogen-bond donors (Lipinski definition) is 0. The van der Waals surface area contributed by atoms with Crippen LogP contribution in [0.3, 0.4) is 0 Å². The Morgan fingerprint density at radius 1 is 0.871 bits per heavy atom. The number of rotatable bonds is 8. The van der Waals surface area contributed by atoms with Crippen LogP contribution in [0.5, 0.6) is 5.75 Å². The third kappa shape index (κ3) is 4.95. The van der Waals surface area contributed by atoms with Crippen molar-refractivity contribution < 1.29 is 9.53 Å². The molecule has 0 radical (unpaired) electrons. The molecule has 1 aliphatic carbocycles. The Hall–Kier alpha value is -3.17.